The molecule has 8 heteroatoms. The summed E-state index contributed by atoms with van der Waals surface area (Å²) in [5.41, 5.74) is -0.785. The highest BCUT2D eigenvalue weighted by Crippen LogP contribution is 2.26. The van der Waals surface area contributed by atoms with Gasteiger partial charge in [0.2, 0.25) is 0 Å². The van der Waals surface area contributed by atoms with Crippen LogP contribution in [-0.4, -0.2) is 83.3 Å². The number of carboxylic acid groups (broad SMARTS) is 1. The third kappa shape index (κ3) is 3.10. The maximum absolute atomic E-state index is 12.4. The first kappa shape index (κ1) is 16.4. The molecule has 2 fully saturated rings. The molecule has 1 N–H and O–H groups in total. The summed E-state index contributed by atoms with van der Waals surface area (Å²) in [7, 11) is 0. The van der Waals surface area contributed by atoms with Crippen molar-refractivity contribution in [3.8, 4) is 0 Å². The number of ether oxygens (including phenoxy) is 1. The highest BCUT2D eigenvalue weighted by atomic mass is 16.5. The third-order valence-electron chi connectivity index (χ3n) is 4.11. The van der Waals surface area contributed by atoms with Crippen molar-refractivity contribution < 1.29 is 24.2 Å². The maximum Gasteiger partial charge on any atom is 0.407 e. The third-order valence-corrected chi connectivity index (χ3v) is 4.11. The van der Waals surface area contributed by atoms with Gasteiger partial charge >= 0.3 is 18.1 Å². The topological polar surface area (TPSA) is 90.4 Å². The molecule has 22 heavy (non-hydrogen) atoms. The second kappa shape index (κ2) is 6.02. The van der Waals surface area contributed by atoms with Crippen molar-refractivity contribution in [2.75, 3.05) is 39.3 Å². The molecule has 0 spiro atoms. The average Bonchev–Trinajstić information content (AvgIpc) is 2.74. The Balaban J connectivity index is 2.01. The second-order valence-electron chi connectivity index (χ2n) is 6.34. The van der Waals surface area contributed by atoms with E-state index in [-0.39, 0.29) is 24.6 Å². The molecule has 2 aliphatic heterocycles. The van der Waals surface area contributed by atoms with Gasteiger partial charge in [0, 0.05) is 32.7 Å². The minimum atomic E-state index is -0.961. The van der Waals surface area contributed by atoms with Crippen molar-refractivity contribution in [2.45, 2.75) is 26.8 Å². The van der Waals surface area contributed by atoms with E-state index in [1.165, 1.54) is 4.90 Å². The number of carbonyl (C=O) groups is 3. The van der Waals surface area contributed by atoms with Gasteiger partial charge in [0.1, 0.15) is 0 Å². The minimum absolute atomic E-state index is 0.132. The molecule has 2 heterocycles. The lowest BCUT2D eigenvalue weighted by Gasteiger charge is -2.34. The second-order valence-corrected chi connectivity index (χ2v) is 6.34. The standard InChI is InChI=1S/C14H23N3O5/c1-4-22-11(18)14(2,3)9-16-8-10-7-15(13(20)21)5-6-17(10)12(16)19/h10H,4-9H2,1-3H3,(H,20,21)/t10-/m0/s1. The Morgan fingerprint density at radius 1 is 1.32 bits per heavy atom. The molecule has 0 radical (unpaired) electrons. The molecule has 8 nitrogen and oxygen atoms in total. The monoisotopic (exact) mass is 313 g/mol. The van der Waals surface area contributed by atoms with Gasteiger partial charge in [-0.2, -0.15) is 0 Å². The van der Waals surface area contributed by atoms with E-state index in [9.17, 15) is 14.4 Å². The van der Waals surface area contributed by atoms with Gasteiger partial charge in [-0.15, -0.1) is 0 Å². The molecule has 0 aromatic carbocycles. The molecule has 0 bridgehead atoms. The molecular weight excluding hydrogens is 290 g/mol. The highest BCUT2D eigenvalue weighted by molar-refractivity contribution is 5.80. The largest absolute Gasteiger partial charge is 0.466 e. The summed E-state index contributed by atoms with van der Waals surface area (Å²) >= 11 is 0. The van der Waals surface area contributed by atoms with Crippen molar-refractivity contribution in [3.05, 3.63) is 0 Å². The van der Waals surface area contributed by atoms with Crippen molar-refractivity contribution in [1.29, 1.82) is 0 Å². The normalized spacial score (nSPS) is 21.9. The van der Waals surface area contributed by atoms with E-state index >= 15 is 0 Å². The predicted octanol–water partition coefficient (Wildman–Crippen LogP) is 0.676. The Bertz CT molecular complexity index is 479. The molecule has 0 aliphatic carbocycles. The van der Waals surface area contributed by atoms with E-state index < -0.39 is 11.5 Å². The number of amides is 3. The van der Waals surface area contributed by atoms with E-state index in [0.717, 1.165) is 0 Å². The van der Waals surface area contributed by atoms with Crippen LogP contribution in [0.1, 0.15) is 20.8 Å². The van der Waals surface area contributed by atoms with E-state index in [1.54, 1.807) is 30.6 Å². The number of urea groups is 1. The van der Waals surface area contributed by atoms with Crippen molar-refractivity contribution in [2.24, 2.45) is 5.41 Å². The van der Waals surface area contributed by atoms with Crippen LogP contribution < -0.4 is 0 Å². The summed E-state index contributed by atoms with van der Waals surface area (Å²) in [5.74, 6) is -0.333. The predicted molar refractivity (Wildman–Crippen MR) is 77.5 cm³/mol. The van der Waals surface area contributed by atoms with Crippen LogP contribution in [0.3, 0.4) is 0 Å². The summed E-state index contributed by atoms with van der Waals surface area (Å²) in [6.45, 7) is 7.29. The molecule has 2 rings (SSSR count). The van der Waals surface area contributed by atoms with Gasteiger partial charge < -0.3 is 24.5 Å². The molecule has 1 atom stereocenters. The Kier molecular flexibility index (Phi) is 4.48. The van der Waals surface area contributed by atoms with Crippen molar-refractivity contribution >= 4 is 18.1 Å². The van der Waals surface area contributed by atoms with Gasteiger partial charge in [0.15, 0.2) is 0 Å². The Morgan fingerprint density at radius 3 is 2.59 bits per heavy atom. The zero-order chi connectivity index (χ0) is 16.5. The summed E-state index contributed by atoms with van der Waals surface area (Å²) in [6, 6.07) is -0.275. The summed E-state index contributed by atoms with van der Waals surface area (Å²) < 4.78 is 5.04. The lowest BCUT2D eigenvalue weighted by atomic mass is 9.93. The molecular formula is C14H23N3O5. The molecule has 124 valence electrons. The van der Waals surface area contributed by atoms with Crippen LogP contribution in [0.4, 0.5) is 9.59 Å². The quantitative estimate of drug-likeness (QED) is 0.771. The van der Waals surface area contributed by atoms with E-state index in [2.05, 4.69) is 0 Å². The first-order chi connectivity index (χ1) is 10.3. The minimum Gasteiger partial charge on any atom is -0.466 e. The molecule has 3 amide bonds. The summed E-state index contributed by atoms with van der Waals surface area (Å²) in [5, 5.41) is 9.06. The lowest BCUT2D eigenvalue weighted by molar-refractivity contribution is -0.153. The van der Waals surface area contributed by atoms with Crippen LogP contribution in [-0.2, 0) is 9.53 Å². The van der Waals surface area contributed by atoms with Gasteiger partial charge in [0.25, 0.3) is 0 Å². The molecule has 0 aromatic heterocycles. The van der Waals surface area contributed by atoms with Gasteiger partial charge in [-0.3, -0.25) is 4.79 Å². The fourth-order valence-electron chi connectivity index (χ4n) is 2.95. The van der Waals surface area contributed by atoms with Crippen LogP contribution in [0.2, 0.25) is 0 Å². The van der Waals surface area contributed by atoms with Gasteiger partial charge in [-0.05, 0) is 20.8 Å². The molecule has 0 unspecified atom stereocenters. The number of hydrogen-bond donors (Lipinski definition) is 1. The van der Waals surface area contributed by atoms with E-state index in [1.807, 2.05) is 0 Å². The Labute approximate surface area is 129 Å². The fourth-order valence-corrected chi connectivity index (χ4v) is 2.95. The zero-order valence-electron chi connectivity index (χ0n) is 13.2. The van der Waals surface area contributed by atoms with Crippen molar-refractivity contribution in [1.82, 2.24) is 14.7 Å². The zero-order valence-corrected chi connectivity index (χ0v) is 13.2. The number of piperazine rings is 1. The number of nitrogens with zero attached hydrogens (tertiary/aromatic N) is 3. The maximum atomic E-state index is 12.4. The SMILES string of the molecule is CCOC(=O)C(C)(C)CN1C[C@@H]2CN(C(=O)O)CCN2C1=O. The fraction of sp³-hybridized carbons (Fsp3) is 0.786. The number of hydrogen-bond acceptors (Lipinski definition) is 4. The molecule has 2 aliphatic rings. The Morgan fingerprint density at radius 2 is 2.00 bits per heavy atom. The van der Waals surface area contributed by atoms with E-state index in [0.29, 0.717) is 32.8 Å². The average molecular weight is 313 g/mol. The number of rotatable bonds is 4. The van der Waals surface area contributed by atoms with Gasteiger partial charge in [0.05, 0.1) is 18.1 Å². The molecule has 0 saturated carbocycles. The lowest BCUT2D eigenvalue weighted by Crippen LogP contribution is -2.53. The van der Waals surface area contributed by atoms with E-state index in [4.69, 9.17) is 9.84 Å². The first-order valence-electron chi connectivity index (χ1n) is 7.47. The smallest absolute Gasteiger partial charge is 0.407 e. The number of fused-ring (bicyclic) bond motifs is 1. The number of esters is 1. The van der Waals surface area contributed by atoms with Gasteiger partial charge in [-0.25, -0.2) is 9.59 Å². The molecule has 0 aromatic rings. The van der Waals surface area contributed by atoms with Crippen molar-refractivity contribution in [3.63, 3.8) is 0 Å². The van der Waals surface area contributed by atoms with Gasteiger partial charge in [-0.1, -0.05) is 0 Å². The van der Waals surface area contributed by atoms with Crippen LogP contribution in [0.25, 0.3) is 0 Å². The van der Waals surface area contributed by atoms with Crippen LogP contribution in [0, 0.1) is 5.41 Å². The molecule has 2 saturated heterocycles. The number of carbonyl (C=O) groups excluding carboxylic acids is 2. The summed E-state index contributed by atoms with van der Waals surface area (Å²) in [4.78, 5) is 40.0. The van der Waals surface area contributed by atoms with Crippen LogP contribution in [0.15, 0.2) is 0 Å². The van der Waals surface area contributed by atoms with Crippen LogP contribution >= 0.6 is 0 Å². The van der Waals surface area contributed by atoms with Crippen LogP contribution in [0.5, 0.6) is 0 Å². The summed E-state index contributed by atoms with van der Waals surface area (Å²) in [6.07, 6.45) is -0.961. The Hall–Kier alpha value is -1.99. The highest BCUT2D eigenvalue weighted by Gasteiger charge is 2.44. The first-order valence-corrected chi connectivity index (χ1v) is 7.47.